The summed E-state index contributed by atoms with van der Waals surface area (Å²) in [5.74, 6) is 0.454. The summed E-state index contributed by atoms with van der Waals surface area (Å²) >= 11 is 0. The number of para-hydroxylation sites is 1. The average Bonchev–Trinajstić information content (AvgIpc) is 2.58. The molecule has 0 radical (unpaired) electrons. The highest BCUT2D eigenvalue weighted by Gasteiger charge is 2.07. The molecule has 0 saturated heterocycles. The zero-order valence-corrected chi connectivity index (χ0v) is 7.70. The Balaban J connectivity index is 0.000000132. The van der Waals surface area contributed by atoms with Crippen molar-refractivity contribution in [3.63, 3.8) is 0 Å². The quantitative estimate of drug-likeness (QED) is 0.618. The van der Waals surface area contributed by atoms with Crippen LogP contribution in [0.2, 0.25) is 0 Å². The summed E-state index contributed by atoms with van der Waals surface area (Å²) in [6, 6.07) is 9.49. The van der Waals surface area contributed by atoms with Crippen LogP contribution in [0.5, 0.6) is 0 Å². The van der Waals surface area contributed by atoms with Gasteiger partial charge in [0.15, 0.2) is 0 Å². The maximum atomic E-state index is 10.2. The molecule has 0 unspecified atom stereocenters. The summed E-state index contributed by atoms with van der Waals surface area (Å²) in [4.78, 5) is 10.2. The van der Waals surface area contributed by atoms with Gasteiger partial charge in [0.1, 0.15) is 5.78 Å². The summed E-state index contributed by atoms with van der Waals surface area (Å²) in [5.41, 5.74) is 6.18. The molecular weight excluding hydrogens is 162 g/mol. The minimum atomic E-state index is 0.454. The van der Waals surface area contributed by atoms with E-state index >= 15 is 0 Å². The lowest BCUT2D eigenvalue weighted by atomic mass is 10.3. The lowest BCUT2D eigenvalue weighted by Crippen LogP contribution is -1.81. The normalized spacial score (nSPS) is 14.9. The molecule has 2 rings (SSSR count). The predicted octanol–water partition coefficient (Wildman–Crippen LogP) is 2.40. The number of hydrogen-bond acceptors (Lipinski definition) is 2. The highest BCUT2D eigenvalue weighted by Crippen LogP contribution is 2.11. The Morgan fingerprint density at radius 1 is 1.00 bits per heavy atom. The van der Waals surface area contributed by atoms with E-state index in [1.165, 1.54) is 0 Å². The summed E-state index contributed by atoms with van der Waals surface area (Å²) in [7, 11) is 0. The topological polar surface area (TPSA) is 43.1 Å². The Morgan fingerprint density at radius 2 is 1.54 bits per heavy atom. The first-order valence-electron chi connectivity index (χ1n) is 4.61. The monoisotopic (exact) mass is 177 g/mol. The van der Waals surface area contributed by atoms with E-state index in [4.69, 9.17) is 5.73 Å². The van der Waals surface area contributed by atoms with Crippen LogP contribution in [-0.2, 0) is 4.79 Å². The van der Waals surface area contributed by atoms with E-state index in [-0.39, 0.29) is 0 Å². The van der Waals surface area contributed by atoms with Gasteiger partial charge >= 0.3 is 0 Å². The first-order chi connectivity index (χ1) is 6.29. The van der Waals surface area contributed by atoms with Crippen LogP contribution in [0, 0.1) is 0 Å². The number of anilines is 1. The summed E-state index contributed by atoms with van der Waals surface area (Å²) < 4.78 is 0. The van der Waals surface area contributed by atoms with Gasteiger partial charge in [0.25, 0.3) is 0 Å². The van der Waals surface area contributed by atoms with E-state index < -0.39 is 0 Å². The standard InChI is InChI=1S/C6H7N.C5H8O/c7-6-4-2-1-3-5-6;6-5-3-1-2-4-5/h1-5H,7H2;1-4H2. The number of ketones is 1. The Labute approximate surface area is 78.8 Å². The molecule has 2 nitrogen and oxygen atoms in total. The molecule has 1 aromatic carbocycles. The summed E-state index contributed by atoms with van der Waals surface area (Å²) in [6.07, 6.45) is 3.97. The van der Waals surface area contributed by atoms with Crippen molar-refractivity contribution in [3.8, 4) is 0 Å². The van der Waals surface area contributed by atoms with Crippen LogP contribution in [0.3, 0.4) is 0 Å². The van der Waals surface area contributed by atoms with Gasteiger partial charge in [0, 0.05) is 18.5 Å². The molecule has 1 fully saturated rings. The molecule has 0 amide bonds. The number of carbonyl (C=O) groups excluding carboxylic acids is 1. The SMILES string of the molecule is Nc1ccccc1.O=C1CCCC1. The lowest BCUT2D eigenvalue weighted by molar-refractivity contribution is -0.117. The fraction of sp³-hybridized carbons (Fsp3) is 0.364. The molecule has 0 aliphatic heterocycles. The molecule has 1 aliphatic carbocycles. The molecule has 2 heteroatoms. The smallest absolute Gasteiger partial charge is 0.132 e. The van der Waals surface area contributed by atoms with Crippen LogP contribution >= 0.6 is 0 Å². The molecule has 70 valence electrons. The summed E-state index contributed by atoms with van der Waals surface area (Å²) in [5, 5.41) is 0. The number of hydrogen-bond donors (Lipinski definition) is 1. The van der Waals surface area contributed by atoms with E-state index in [2.05, 4.69) is 0 Å². The zero-order chi connectivity index (χ0) is 9.52. The van der Waals surface area contributed by atoms with Crippen molar-refractivity contribution in [2.75, 3.05) is 5.73 Å². The Morgan fingerprint density at radius 3 is 1.77 bits per heavy atom. The van der Waals surface area contributed by atoms with Crippen molar-refractivity contribution in [2.24, 2.45) is 0 Å². The van der Waals surface area contributed by atoms with Crippen LogP contribution in [0.4, 0.5) is 5.69 Å². The van der Waals surface area contributed by atoms with Crippen LogP contribution in [0.1, 0.15) is 25.7 Å². The second-order valence-electron chi connectivity index (χ2n) is 3.16. The molecule has 1 saturated carbocycles. The minimum absolute atomic E-state index is 0.454. The van der Waals surface area contributed by atoms with Crippen LogP contribution < -0.4 is 5.73 Å². The second kappa shape index (κ2) is 5.36. The minimum Gasteiger partial charge on any atom is -0.399 e. The fourth-order valence-electron chi connectivity index (χ4n) is 1.22. The molecule has 0 heterocycles. The molecule has 2 N–H and O–H groups in total. The zero-order valence-electron chi connectivity index (χ0n) is 7.70. The molecule has 0 spiro atoms. The Bertz CT molecular complexity index is 248. The molecular formula is C11H15NO. The first-order valence-corrected chi connectivity index (χ1v) is 4.61. The molecule has 1 aromatic rings. The Hall–Kier alpha value is -1.31. The predicted molar refractivity (Wildman–Crippen MR) is 54.3 cm³/mol. The molecule has 0 aromatic heterocycles. The molecule has 1 aliphatic rings. The number of nitrogens with two attached hydrogens (primary N) is 1. The van der Waals surface area contributed by atoms with E-state index in [9.17, 15) is 4.79 Å². The second-order valence-corrected chi connectivity index (χ2v) is 3.16. The number of Topliss-reactive ketones (excluding diaryl/α,β-unsaturated/α-hetero) is 1. The number of benzene rings is 1. The van der Waals surface area contributed by atoms with E-state index in [0.29, 0.717) is 5.78 Å². The van der Waals surface area contributed by atoms with Gasteiger partial charge < -0.3 is 5.73 Å². The number of rotatable bonds is 0. The van der Waals surface area contributed by atoms with E-state index in [1.54, 1.807) is 0 Å². The van der Waals surface area contributed by atoms with Gasteiger partial charge in [0.05, 0.1) is 0 Å². The summed E-state index contributed by atoms with van der Waals surface area (Å²) in [6.45, 7) is 0. The fourth-order valence-corrected chi connectivity index (χ4v) is 1.22. The third kappa shape index (κ3) is 4.31. The maximum Gasteiger partial charge on any atom is 0.132 e. The highest BCUT2D eigenvalue weighted by molar-refractivity contribution is 5.80. The van der Waals surface area contributed by atoms with Gasteiger partial charge in [0.2, 0.25) is 0 Å². The van der Waals surface area contributed by atoms with Gasteiger partial charge in [-0.2, -0.15) is 0 Å². The molecule has 0 bridgehead atoms. The largest absolute Gasteiger partial charge is 0.399 e. The maximum absolute atomic E-state index is 10.2. The third-order valence-corrected chi connectivity index (χ3v) is 1.96. The molecule has 0 atom stereocenters. The van der Waals surface area contributed by atoms with Crippen LogP contribution in [0.25, 0.3) is 0 Å². The van der Waals surface area contributed by atoms with E-state index in [0.717, 1.165) is 31.4 Å². The van der Waals surface area contributed by atoms with E-state index in [1.807, 2.05) is 30.3 Å². The Kier molecular flexibility index (Phi) is 4.03. The van der Waals surface area contributed by atoms with Crippen molar-refractivity contribution in [2.45, 2.75) is 25.7 Å². The molecule has 13 heavy (non-hydrogen) atoms. The van der Waals surface area contributed by atoms with Gasteiger partial charge in [-0.1, -0.05) is 18.2 Å². The third-order valence-electron chi connectivity index (χ3n) is 1.96. The highest BCUT2D eigenvalue weighted by atomic mass is 16.1. The van der Waals surface area contributed by atoms with Crippen molar-refractivity contribution in [1.29, 1.82) is 0 Å². The van der Waals surface area contributed by atoms with Crippen LogP contribution in [-0.4, -0.2) is 5.78 Å². The first kappa shape index (κ1) is 9.78. The van der Waals surface area contributed by atoms with Crippen LogP contribution in [0.15, 0.2) is 30.3 Å². The number of nitrogen functional groups attached to an aromatic ring is 1. The lowest BCUT2D eigenvalue weighted by Gasteiger charge is -1.83. The van der Waals surface area contributed by atoms with Crippen molar-refractivity contribution in [1.82, 2.24) is 0 Å². The van der Waals surface area contributed by atoms with Crippen molar-refractivity contribution < 1.29 is 4.79 Å². The van der Waals surface area contributed by atoms with Crippen molar-refractivity contribution >= 4 is 11.5 Å². The average molecular weight is 177 g/mol. The van der Waals surface area contributed by atoms with Gasteiger partial charge in [-0.3, -0.25) is 4.79 Å². The van der Waals surface area contributed by atoms with Gasteiger partial charge in [-0.15, -0.1) is 0 Å². The van der Waals surface area contributed by atoms with Gasteiger partial charge in [-0.05, 0) is 25.0 Å². The van der Waals surface area contributed by atoms with Crippen molar-refractivity contribution in [3.05, 3.63) is 30.3 Å². The number of carbonyl (C=O) groups is 1. The van der Waals surface area contributed by atoms with Gasteiger partial charge in [-0.25, -0.2) is 0 Å².